The van der Waals surface area contributed by atoms with E-state index in [9.17, 15) is 4.79 Å². The van der Waals surface area contributed by atoms with E-state index in [2.05, 4.69) is 28.0 Å². The molecule has 23 heavy (non-hydrogen) atoms. The van der Waals surface area contributed by atoms with Crippen molar-refractivity contribution >= 4 is 5.91 Å². The minimum Gasteiger partial charge on any atom is -0.334 e. The van der Waals surface area contributed by atoms with Gasteiger partial charge in [-0.05, 0) is 31.1 Å². The van der Waals surface area contributed by atoms with Gasteiger partial charge in [0, 0.05) is 24.9 Å². The molecule has 2 saturated carbocycles. The number of amides is 1. The molecule has 4 heteroatoms. The Balaban J connectivity index is 1.48. The first-order chi connectivity index (χ1) is 11.1. The van der Waals surface area contributed by atoms with Gasteiger partial charge in [-0.3, -0.25) is 9.48 Å². The maximum atomic E-state index is 12.5. The second kappa shape index (κ2) is 5.44. The van der Waals surface area contributed by atoms with Gasteiger partial charge in [-0.1, -0.05) is 31.1 Å². The highest BCUT2D eigenvalue weighted by Gasteiger charge is 2.48. The van der Waals surface area contributed by atoms with Crippen molar-refractivity contribution in [3.63, 3.8) is 0 Å². The molecular weight excluding hydrogens is 286 g/mol. The Morgan fingerprint density at radius 3 is 2.91 bits per heavy atom. The van der Waals surface area contributed by atoms with E-state index in [0.717, 1.165) is 17.5 Å². The number of hydrogen-bond acceptors (Lipinski definition) is 2. The van der Waals surface area contributed by atoms with Crippen LogP contribution < -0.4 is 5.32 Å². The highest BCUT2D eigenvalue weighted by molar-refractivity contribution is 5.95. The predicted octanol–water partition coefficient (Wildman–Crippen LogP) is 2.36. The third-order valence-corrected chi connectivity index (χ3v) is 5.38. The predicted molar refractivity (Wildman–Crippen MR) is 87.5 cm³/mol. The number of nitrogens with one attached hydrogen (secondary N) is 1. The Morgan fingerprint density at radius 1 is 1.43 bits per heavy atom. The molecule has 3 aliphatic rings. The summed E-state index contributed by atoms with van der Waals surface area (Å²) < 4.78 is 1.67. The van der Waals surface area contributed by atoms with E-state index in [1.807, 2.05) is 14.0 Å². The minimum atomic E-state index is -0.206. The zero-order valence-electron chi connectivity index (χ0n) is 13.6. The molecule has 4 rings (SSSR count). The van der Waals surface area contributed by atoms with Gasteiger partial charge in [0.25, 0.3) is 5.91 Å². The maximum absolute atomic E-state index is 12.5. The lowest BCUT2D eigenvalue weighted by atomic mass is 9.80. The summed E-state index contributed by atoms with van der Waals surface area (Å²) in [6, 6.07) is -0.206. The summed E-state index contributed by atoms with van der Waals surface area (Å²) in [7, 11) is 1.83. The molecule has 0 bridgehead atoms. The van der Waals surface area contributed by atoms with Gasteiger partial charge in [0.2, 0.25) is 0 Å². The first-order valence-corrected chi connectivity index (χ1v) is 8.40. The third-order valence-electron chi connectivity index (χ3n) is 5.38. The summed E-state index contributed by atoms with van der Waals surface area (Å²) in [6.45, 7) is 1.85. The monoisotopic (exact) mass is 307 g/mol. The molecule has 3 aliphatic carbocycles. The van der Waals surface area contributed by atoms with E-state index in [0.29, 0.717) is 11.5 Å². The van der Waals surface area contributed by atoms with Crippen molar-refractivity contribution in [1.29, 1.82) is 0 Å². The molecule has 1 heterocycles. The van der Waals surface area contributed by atoms with Gasteiger partial charge in [0.1, 0.15) is 6.04 Å². The first-order valence-electron chi connectivity index (χ1n) is 8.40. The number of hydrogen-bond donors (Lipinski definition) is 1. The van der Waals surface area contributed by atoms with Gasteiger partial charge in [-0.2, -0.15) is 5.10 Å². The summed E-state index contributed by atoms with van der Waals surface area (Å²) in [4.78, 5) is 12.5. The van der Waals surface area contributed by atoms with Gasteiger partial charge >= 0.3 is 0 Å². The Bertz CT molecular complexity index is 781. The minimum absolute atomic E-state index is 0.100. The van der Waals surface area contributed by atoms with E-state index in [1.54, 1.807) is 17.0 Å². The number of rotatable bonds is 4. The smallest absolute Gasteiger partial charge is 0.255 e. The van der Waals surface area contributed by atoms with Crippen molar-refractivity contribution in [2.45, 2.75) is 38.6 Å². The van der Waals surface area contributed by atoms with E-state index < -0.39 is 0 Å². The molecule has 0 aliphatic heterocycles. The van der Waals surface area contributed by atoms with Gasteiger partial charge in [-0.25, -0.2) is 0 Å². The maximum Gasteiger partial charge on any atom is 0.255 e. The SMILES string of the molecule is Cc1nn(C)cc1C(=O)NC1C#CC=C=C1C1CC1C1CCC1. The highest BCUT2D eigenvalue weighted by Crippen LogP contribution is 2.55. The van der Waals surface area contributed by atoms with Crippen LogP contribution in [-0.2, 0) is 7.05 Å². The zero-order valence-corrected chi connectivity index (χ0v) is 13.6. The molecule has 0 spiro atoms. The van der Waals surface area contributed by atoms with Crippen LogP contribution >= 0.6 is 0 Å². The molecule has 1 N–H and O–H groups in total. The summed E-state index contributed by atoms with van der Waals surface area (Å²) >= 11 is 0. The summed E-state index contributed by atoms with van der Waals surface area (Å²) in [6.07, 6.45) is 8.91. The number of nitrogens with zero attached hydrogens (tertiary/aromatic N) is 2. The Morgan fingerprint density at radius 2 is 2.26 bits per heavy atom. The molecule has 0 radical (unpaired) electrons. The topological polar surface area (TPSA) is 46.9 Å². The largest absolute Gasteiger partial charge is 0.334 e. The average molecular weight is 307 g/mol. The van der Waals surface area contributed by atoms with Crippen LogP contribution in [0.1, 0.15) is 41.7 Å². The first kappa shape index (κ1) is 14.4. The standard InChI is InChI=1S/C19H21N3O/c1-12-17(11-22(2)21-12)19(23)20-18-9-4-3-8-14(18)16-10-15(16)13-6-5-7-13/h3,11,13,15-16,18H,5-7,10H2,1-2H3,(H,20,23). The van der Waals surface area contributed by atoms with Crippen LogP contribution in [0.3, 0.4) is 0 Å². The van der Waals surface area contributed by atoms with Crippen LogP contribution in [-0.4, -0.2) is 21.7 Å². The number of carbonyl (C=O) groups excluding carboxylic acids is 1. The van der Waals surface area contributed by atoms with Crippen LogP contribution in [0.25, 0.3) is 0 Å². The van der Waals surface area contributed by atoms with Gasteiger partial charge < -0.3 is 5.32 Å². The molecule has 3 unspecified atom stereocenters. The Hall–Kier alpha value is -2.24. The molecule has 0 aromatic carbocycles. The highest BCUT2D eigenvalue weighted by atomic mass is 16.1. The average Bonchev–Trinajstić information content (AvgIpc) is 3.14. The fraction of sp³-hybridized carbons (Fsp3) is 0.526. The van der Waals surface area contributed by atoms with Gasteiger partial charge in [0.15, 0.2) is 0 Å². The normalized spacial score (nSPS) is 28.4. The fourth-order valence-electron chi connectivity index (χ4n) is 3.83. The lowest BCUT2D eigenvalue weighted by Gasteiger charge is -2.26. The van der Waals surface area contributed by atoms with Crippen LogP contribution in [0.2, 0.25) is 0 Å². The zero-order chi connectivity index (χ0) is 16.0. The summed E-state index contributed by atoms with van der Waals surface area (Å²) in [5, 5.41) is 7.31. The third kappa shape index (κ3) is 2.62. The molecule has 4 nitrogen and oxygen atoms in total. The Kier molecular flexibility index (Phi) is 3.39. The van der Waals surface area contributed by atoms with Crippen molar-refractivity contribution in [2.24, 2.45) is 24.8 Å². The summed E-state index contributed by atoms with van der Waals surface area (Å²) in [5.41, 5.74) is 5.86. The second-order valence-corrected chi connectivity index (χ2v) is 6.94. The molecule has 3 atom stereocenters. The molecule has 0 saturated heterocycles. The van der Waals surface area contributed by atoms with Crippen molar-refractivity contribution in [2.75, 3.05) is 0 Å². The van der Waals surface area contributed by atoms with Crippen molar-refractivity contribution in [3.05, 3.63) is 34.8 Å². The quantitative estimate of drug-likeness (QED) is 0.686. The summed E-state index contributed by atoms with van der Waals surface area (Å²) in [5.74, 6) is 8.24. The molecule has 2 fully saturated rings. The van der Waals surface area contributed by atoms with Gasteiger partial charge in [-0.15, -0.1) is 5.73 Å². The molecular formula is C19H21N3O. The lowest BCUT2D eigenvalue weighted by Crippen LogP contribution is -2.36. The molecule has 118 valence electrons. The second-order valence-electron chi connectivity index (χ2n) is 6.94. The number of aromatic nitrogens is 2. The number of aryl methyl sites for hydroxylation is 2. The lowest BCUT2D eigenvalue weighted by molar-refractivity contribution is 0.0948. The number of carbonyl (C=O) groups is 1. The van der Waals surface area contributed by atoms with Gasteiger partial charge in [0.05, 0.1) is 11.3 Å². The van der Waals surface area contributed by atoms with Crippen molar-refractivity contribution in [1.82, 2.24) is 15.1 Å². The molecule has 1 aromatic rings. The van der Waals surface area contributed by atoms with E-state index in [-0.39, 0.29) is 11.9 Å². The van der Waals surface area contributed by atoms with Crippen LogP contribution in [0.4, 0.5) is 0 Å². The van der Waals surface area contributed by atoms with E-state index in [4.69, 9.17) is 0 Å². The van der Waals surface area contributed by atoms with E-state index in [1.165, 1.54) is 31.3 Å². The van der Waals surface area contributed by atoms with E-state index >= 15 is 0 Å². The molecule has 1 aromatic heterocycles. The van der Waals surface area contributed by atoms with Crippen LogP contribution in [0, 0.1) is 36.5 Å². The molecule has 1 amide bonds. The van der Waals surface area contributed by atoms with Crippen LogP contribution in [0.15, 0.2) is 23.6 Å². The van der Waals surface area contributed by atoms with Crippen molar-refractivity contribution < 1.29 is 4.79 Å². The Labute approximate surface area is 136 Å². The fourth-order valence-corrected chi connectivity index (χ4v) is 3.83. The van der Waals surface area contributed by atoms with Crippen LogP contribution in [0.5, 0.6) is 0 Å². The van der Waals surface area contributed by atoms with Crippen molar-refractivity contribution in [3.8, 4) is 11.8 Å².